The van der Waals surface area contributed by atoms with Gasteiger partial charge in [-0.1, -0.05) is 6.07 Å². The van der Waals surface area contributed by atoms with Crippen molar-refractivity contribution in [1.29, 1.82) is 0 Å². The molecule has 0 aliphatic rings. The van der Waals surface area contributed by atoms with Gasteiger partial charge in [-0.2, -0.15) is 0 Å². The molecule has 0 aliphatic carbocycles. The molecule has 4 nitrogen and oxygen atoms in total. The Hall–Kier alpha value is -1.49. The third-order valence-corrected chi connectivity index (χ3v) is 1.85. The van der Waals surface area contributed by atoms with Crippen LogP contribution in [0.5, 0.6) is 0 Å². The van der Waals surface area contributed by atoms with Crippen molar-refractivity contribution in [2.75, 3.05) is 0 Å². The highest BCUT2D eigenvalue weighted by Crippen LogP contribution is 2.19. The van der Waals surface area contributed by atoms with Crippen LogP contribution < -0.4 is 0 Å². The lowest BCUT2D eigenvalue weighted by Gasteiger charge is -1.98. The molecule has 2 aromatic heterocycles. The summed E-state index contributed by atoms with van der Waals surface area (Å²) in [7, 11) is 0. The van der Waals surface area contributed by atoms with Crippen LogP contribution in [0.25, 0.3) is 11.4 Å². The Morgan fingerprint density at radius 2 is 2.15 bits per heavy atom. The predicted octanol–water partition coefficient (Wildman–Crippen LogP) is 1.22. The third-order valence-electron chi connectivity index (χ3n) is 1.53. The number of nitrogens with zero attached hydrogens (tertiary/aromatic N) is 4. The second kappa shape index (κ2) is 3.49. The van der Waals surface area contributed by atoms with Gasteiger partial charge in [0, 0.05) is 6.20 Å². The van der Waals surface area contributed by atoms with E-state index in [1.165, 1.54) is 0 Å². The summed E-state index contributed by atoms with van der Waals surface area (Å²) in [6.45, 7) is 0. The quantitative estimate of drug-likeness (QED) is 0.687. The molecule has 0 N–H and O–H groups in total. The van der Waals surface area contributed by atoms with E-state index in [9.17, 15) is 0 Å². The van der Waals surface area contributed by atoms with Crippen LogP contribution in [0.1, 0.15) is 0 Å². The molecule has 0 aliphatic heterocycles. The Balaban J connectivity index is 2.54. The first-order chi connectivity index (χ1) is 6.38. The zero-order chi connectivity index (χ0) is 9.10. The molecule has 0 saturated carbocycles. The van der Waals surface area contributed by atoms with E-state index in [0.29, 0.717) is 10.6 Å². The Morgan fingerprint density at radius 3 is 2.85 bits per heavy atom. The van der Waals surface area contributed by atoms with Crippen molar-refractivity contribution in [3.63, 3.8) is 0 Å². The van der Waals surface area contributed by atoms with Gasteiger partial charge in [-0.25, -0.2) is 0 Å². The summed E-state index contributed by atoms with van der Waals surface area (Å²) in [6, 6.07) is 5.58. The van der Waals surface area contributed by atoms with Crippen LogP contribution in [0.4, 0.5) is 0 Å². The smallest absolute Gasteiger partial charge is 0.128 e. The number of hydrogen-bond acceptors (Lipinski definition) is 5. The first-order valence-electron chi connectivity index (χ1n) is 3.66. The molecule has 0 amide bonds. The molecule has 5 heteroatoms. The monoisotopic (exact) mass is 190 g/mol. The van der Waals surface area contributed by atoms with Crippen molar-refractivity contribution in [3.8, 4) is 11.4 Å². The van der Waals surface area contributed by atoms with E-state index in [1.807, 2.05) is 18.2 Å². The molecule has 2 aromatic rings. The maximum atomic E-state index is 4.20. The zero-order valence-electron chi connectivity index (χ0n) is 6.62. The van der Waals surface area contributed by atoms with Crippen molar-refractivity contribution in [2.45, 2.75) is 4.90 Å². The second-order valence-corrected chi connectivity index (χ2v) is 2.86. The van der Waals surface area contributed by atoms with Gasteiger partial charge in [0.2, 0.25) is 0 Å². The van der Waals surface area contributed by atoms with Gasteiger partial charge in [-0.3, -0.25) is 4.98 Å². The van der Waals surface area contributed by atoms with Gasteiger partial charge in [0.1, 0.15) is 5.69 Å². The average molecular weight is 190 g/mol. The van der Waals surface area contributed by atoms with E-state index in [0.717, 1.165) is 5.69 Å². The Morgan fingerprint density at radius 1 is 1.23 bits per heavy atom. The van der Waals surface area contributed by atoms with Gasteiger partial charge in [0.05, 0.1) is 16.8 Å². The Bertz CT molecular complexity index is 404. The first kappa shape index (κ1) is 8.12. The number of aromatic nitrogens is 4. The van der Waals surface area contributed by atoms with Crippen molar-refractivity contribution >= 4 is 12.6 Å². The fourth-order valence-corrected chi connectivity index (χ4v) is 1.16. The number of thiol groups is 1. The minimum absolute atomic E-state index is 0.652. The lowest BCUT2D eigenvalue weighted by Crippen LogP contribution is -1.93. The molecule has 0 spiro atoms. The minimum atomic E-state index is 0.652. The summed E-state index contributed by atoms with van der Waals surface area (Å²) in [4.78, 5) is 4.81. The molecule has 2 rings (SSSR count). The Labute approximate surface area is 80.5 Å². The van der Waals surface area contributed by atoms with Gasteiger partial charge in [0.15, 0.2) is 0 Å². The van der Waals surface area contributed by atoms with E-state index in [2.05, 4.69) is 33.0 Å². The van der Waals surface area contributed by atoms with Gasteiger partial charge in [0.25, 0.3) is 0 Å². The maximum absolute atomic E-state index is 4.20. The normalized spacial score (nSPS) is 9.92. The van der Waals surface area contributed by atoms with Crippen molar-refractivity contribution in [1.82, 2.24) is 20.4 Å². The SMILES string of the molecule is Sc1cnnnc1-c1ccccn1. The average Bonchev–Trinajstić information content (AvgIpc) is 2.20. The van der Waals surface area contributed by atoms with Crippen LogP contribution in [0.15, 0.2) is 35.5 Å². The third kappa shape index (κ3) is 1.65. The highest BCUT2D eigenvalue weighted by Gasteiger charge is 2.04. The van der Waals surface area contributed by atoms with Crippen LogP contribution in [-0.4, -0.2) is 20.4 Å². The van der Waals surface area contributed by atoms with E-state index < -0.39 is 0 Å². The Kier molecular flexibility index (Phi) is 2.18. The molecule has 0 atom stereocenters. The van der Waals surface area contributed by atoms with Crippen molar-refractivity contribution in [3.05, 3.63) is 30.6 Å². The largest absolute Gasteiger partial charge is 0.255 e. The highest BCUT2D eigenvalue weighted by molar-refractivity contribution is 7.80. The van der Waals surface area contributed by atoms with E-state index in [-0.39, 0.29) is 0 Å². The van der Waals surface area contributed by atoms with Crippen LogP contribution >= 0.6 is 12.6 Å². The van der Waals surface area contributed by atoms with Crippen LogP contribution in [0.2, 0.25) is 0 Å². The molecule has 2 heterocycles. The molecule has 0 bridgehead atoms. The fraction of sp³-hybridized carbons (Fsp3) is 0. The fourth-order valence-electron chi connectivity index (χ4n) is 0.949. The topological polar surface area (TPSA) is 51.6 Å². The standard InChI is InChI=1S/C8H6N4S/c13-7-5-10-12-11-8(7)6-3-1-2-4-9-6/h1-5H,(H,12,13). The lowest BCUT2D eigenvalue weighted by atomic mass is 10.3. The van der Waals surface area contributed by atoms with Crippen LogP contribution in [0, 0.1) is 0 Å². The van der Waals surface area contributed by atoms with Crippen LogP contribution in [0.3, 0.4) is 0 Å². The predicted molar refractivity (Wildman–Crippen MR) is 50.3 cm³/mol. The highest BCUT2D eigenvalue weighted by atomic mass is 32.1. The second-order valence-electron chi connectivity index (χ2n) is 2.38. The van der Waals surface area contributed by atoms with E-state index >= 15 is 0 Å². The van der Waals surface area contributed by atoms with Gasteiger partial charge in [-0.05, 0) is 17.3 Å². The molecule has 0 unspecified atom stereocenters. The molecule has 13 heavy (non-hydrogen) atoms. The molecule has 64 valence electrons. The molecular formula is C8H6N4S. The molecule has 0 saturated heterocycles. The van der Waals surface area contributed by atoms with Gasteiger partial charge >= 0.3 is 0 Å². The summed E-state index contributed by atoms with van der Waals surface area (Å²) in [6.07, 6.45) is 3.24. The van der Waals surface area contributed by atoms with Crippen molar-refractivity contribution < 1.29 is 0 Å². The van der Waals surface area contributed by atoms with Gasteiger partial charge in [-0.15, -0.1) is 22.8 Å². The first-order valence-corrected chi connectivity index (χ1v) is 4.11. The molecule has 0 fully saturated rings. The maximum Gasteiger partial charge on any atom is 0.128 e. The number of rotatable bonds is 1. The molecule has 0 radical (unpaired) electrons. The summed E-state index contributed by atoms with van der Waals surface area (Å²) in [5.41, 5.74) is 1.40. The van der Waals surface area contributed by atoms with E-state index in [4.69, 9.17) is 0 Å². The molecule has 0 aromatic carbocycles. The number of pyridine rings is 1. The number of hydrogen-bond donors (Lipinski definition) is 1. The van der Waals surface area contributed by atoms with Crippen molar-refractivity contribution in [2.24, 2.45) is 0 Å². The van der Waals surface area contributed by atoms with Gasteiger partial charge < -0.3 is 0 Å². The minimum Gasteiger partial charge on any atom is -0.255 e. The summed E-state index contributed by atoms with van der Waals surface area (Å²) < 4.78 is 0. The van der Waals surface area contributed by atoms with E-state index in [1.54, 1.807) is 12.4 Å². The zero-order valence-corrected chi connectivity index (χ0v) is 7.52. The summed E-state index contributed by atoms with van der Waals surface area (Å²) in [5.74, 6) is 0. The summed E-state index contributed by atoms with van der Waals surface area (Å²) >= 11 is 4.20. The van der Waals surface area contributed by atoms with Crippen LogP contribution in [-0.2, 0) is 0 Å². The lowest BCUT2D eigenvalue weighted by molar-refractivity contribution is 0.843. The summed E-state index contributed by atoms with van der Waals surface area (Å²) in [5, 5.41) is 11.0. The molecular weight excluding hydrogens is 184 g/mol.